The topological polar surface area (TPSA) is 38.5 Å². The minimum absolute atomic E-state index is 0.592. The van der Waals surface area contributed by atoms with Gasteiger partial charge in [-0.2, -0.15) is 0 Å². The molecule has 0 N–H and O–H groups in total. The number of oxazole rings is 1. The van der Waals surface area contributed by atoms with Gasteiger partial charge in [-0.3, -0.25) is 0 Å². The number of aromatic nitrogens is 1. The van der Waals surface area contributed by atoms with Crippen molar-refractivity contribution in [1.29, 1.82) is 0 Å². The Bertz CT molecular complexity index is 832. The molecule has 24 heavy (non-hydrogen) atoms. The molecule has 0 radical (unpaired) electrons. The van der Waals surface area contributed by atoms with Crippen molar-refractivity contribution in [3.63, 3.8) is 0 Å². The van der Waals surface area contributed by atoms with E-state index in [1.807, 2.05) is 44.4 Å². The molecule has 124 valence electrons. The van der Waals surface area contributed by atoms with Gasteiger partial charge in [-0.05, 0) is 42.3 Å². The molecule has 0 aliphatic carbocycles. The summed E-state index contributed by atoms with van der Waals surface area (Å²) in [6, 6.07) is 14.1. The van der Waals surface area contributed by atoms with Crippen LogP contribution in [0.4, 0.5) is 5.69 Å². The molecule has 0 aliphatic rings. The molecule has 0 saturated heterocycles. The van der Waals surface area contributed by atoms with Crippen LogP contribution in [0.1, 0.15) is 24.8 Å². The van der Waals surface area contributed by atoms with E-state index in [0.29, 0.717) is 12.5 Å². The lowest BCUT2D eigenvalue weighted by molar-refractivity contribution is 0.317. The summed E-state index contributed by atoms with van der Waals surface area (Å²) in [6.45, 7) is 2.79. The highest BCUT2D eigenvalue weighted by atomic mass is 16.5. The highest BCUT2D eigenvalue weighted by molar-refractivity contribution is 5.77. The van der Waals surface area contributed by atoms with Gasteiger partial charge in [-0.15, -0.1) is 0 Å². The number of fused-ring (bicyclic) bond motifs is 1. The van der Waals surface area contributed by atoms with Crippen LogP contribution >= 0.6 is 0 Å². The highest BCUT2D eigenvalue weighted by Gasteiger charge is 2.05. The minimum atomic E-state index is 0.592. The van der Waals surface area contributed by atoms with Crippen LogP contribution in [0.5, 0.6) is 5.75 Å². The Morgan fingerprint density at radius 3 is 2.58 bits per heavy atom. The van der Waals surface area contributed by atoms with Gasteiger partial charge in [0.25, 0.3) is 0 Å². The number of benzene rings is 2. The van der Waals surface area contributed by atoms with E-state index >= 15 is 0 Å². The van der Waals surface area contributed by atoms with Crippen LogP contribution in [0.3, 0.4) is 0 Å². The second-order valence-corrected chi connectivity index (χ2v) is 5.85. The van der Waals surface area contributed by atoms with Crippen molar-refractivity contribution >= 4 is 28.9 Å². The van der Waals surface area contributed by atoms with E-state index in [0.717, 1.165) is 28.8 Å². The summed E-state index contributed by atoms with van der Waals surface area (Å²) in [6.07, 6.45) is 4.87. The number of ether oxygens (including phenoxy) is 1. The number of anilines is 1. The average molecular weight is 322 g/mol. The monoisotopic (exact) mass is 322 g/mol. The molecule has 0 atom stereocenters. The smallest absolute Gasteiger partial charge is 0.220 e. The van der Waals surface area contributed by atoms with Crippen LogP contribution in [-0.2, 0) is 0 Å². The molecule has 1 heterocycles. The first-order valence-corrected chi connectivity index (χ1v) is 8.14. The maximum atomic E-state index is 5.79. The standard InChI is InChI=1S/C20H22N2O2/c1-4-13-23-17-10-11-18-19(14-17)24-20(21-18)12-7-15-5-8-16(9-6-15)22(2)3/h5-12,14H,4,13H2,1-3H3/b12-7+. The number of nitrogens with zero attached hydrogens (tertiary/aromatic N) is 2. The fraction of sp³-hybridized carbons (Fsp3) is 0.250. The largest absolute Gasteiger partial charge is 0.493 e. The van der Waals surface area contributed by atoms with Crippen molar-refractivity contribution in [2.75, 3.05) is 25.6 Å². The molecule has 3 rings (SSSR count). The lowest BCUT2D eigenvalue weighted by Crippen LogP contribution is -2.07. The zero-order valence-corrected chi connectivity index (χ0v) is 14.3. The van der Waals surface area contributed by atoms with Gasteiger partial charge in [0.05, 0.1) is 6.61 Å². The number of hydrogen-bond donors (Lipinski definition) is 0. The highest BCUT2D eigenvalue weighted by Crippen LogP contribution is 2.23. The molecule has 0 saturated carbocycles. The van der Waals surface area contributed by atoms with E-state index in [1.165, 1.54) is 5.69 Å². The Labute approximate surface area is 142 Å². The van der Waals surface area contributed by atoms with E-state index in [1.54, 1.807) is 0 Å². The van der Waals surface area contributed by atoms with Crippen molar-refractivity contribution in [2.24, 2.45) is 0 Å². The normalized spacial score (nSPS) is 11.3. The molecular formula is C20H22N2O2. The maximum absolute atomic E-state index is 5.79. The quantitative estimate of drug-likeness (QED) is 0.650. The summed E-state index contributed by atoms with van der Waals surface area (Å²) in [4.78, 5) is 6.55. The van der Waals surface area contributed by atoms with Gasteiger partial charge in [0, 0.05) is 31.9 Å². The van der Waals surface area contributed by atoms with Crippen molar-refractivity contribution in [2.45, 2.75) is 13.3 Å². The molecule has 2 aromatic carbocycles. The third-order valence-corrected chi connectivity index (χ3v) is 3.68. The molecule has 0 aliphatic heterocycles. The average Bonchev–Trinajstić information content (AvgIpc) is 3.00. The van der Waals surface area contributed by atoms with Gasteiger partial charge in [0.15, 0.2) is 5.58 Å². The fourth-order valence-corrected chi connectivity index (χ4v) is 2.35. The first kappa shape index (κ1) is 16.1. The Balaban J connectivity index is 1.76. The molecule has 0 amide bonds. The number of hydrogen-bond acceptors (Lipinski definition) is 4. The van der Waals surface area contributed by atoms with Gasteiger partial charge in [-0.25, -0.2) is 4.98 Å². The Morgan fingerprint density at radius 2 is 1.88 bits per heavy atom. The third-order valence-electron chi connectivity index (χ3n) is 3.68. The van der Waals surface area contributed by atoms with Gasteiger partial charge in [0.1, 0.15) is 11.3 Å². The molecule has 3 aromatic rings. The summed E-state index contributed by atoms with van der Waals surface area (Å²) < 4.78 is 11.4. The summed E-state index contributed by atoms with van der Waals surface area (Å²) in [7, 11) is 4.06. The first-order valence-electron chi connectivity index (χ1n) is 8.14. The van der Waals surface area contributed by atoms with Gasteiger partial charge in [-0.1, -0.05) is 19.1 Å². The summed E-state index contributed by atoms with van der Waals surface area (Å²) in [5.74, 6) is 1.41. The van der Waals surface area contributed by atoms with E-state index in [-0.39, 0.29) is 0 Å². The van der Waals surface area contributed by atoms with E-state index in [2.05, 4.69) is 41.1 Å². The lowest BCUT2D eigenvalue weighted by Gasteiger charge is -2.11. The number of rotatable bonds is 6. The van der Waals surface area contributed by atoms with Gasteiger partial charge in [0.2, 0.25) is 5.89 Å². The summed E-state index contributed by atoms with van der Waals surface area (Å²) in [5.41, 5.74) is 3.86. The Hall–Kier alpha value is -2.75. The van der Waals surface area contributed by atoms with E-state index < -0.39 is 0 Å². The fourth-order valence-electron chi connectivity index (χ4n) is 2.35. The Kier molecular flexibility index (Phi) is 4.85. The minimum Gasteiger partial charge on any atom is -0.493 e. The predicted molar refractivity (Wildman–Crippen MR) is 99.5 cm³/mol. The first-order chi connectivity index (χ1) is 11.7. The van der Waals surface area contributed by atoms with Crippen LogP contribution in [0.25, 0.3) is 23.3 Å². The summed E-state index contributed by atoms with van der Waals surface area (Å²) in [5, 5.41) is 0. The molecule has 1 aromatic heterocycles. The van der Waals surface area contributed by atoms with Crippen molar-refractivity contribution in [3.8, 4) is 5.75 Å². The maximum Gasteiger partial charge on any atom is 0.220 e. The van der Waals surface area contributed by atoms with Crippen molar-refractivity contribution < 1.29 is 9.15 Å². The second kappa shape index (κ2) is 7.21. The van der Waals surface area contributed by atoms with Crippen LogP contribution < -0.4 is 9.64 Å². The van der Waals surface area contributed by atoms with Crippen LogP contribution in [0.15, 0.2) is 46.9 Å². The molecule has 0 spiro atoms. The van der Waals surface area contributed by atoms with Gasteiger partial charge < -0.3 is 14.1 Å². The Morgan fingerprint density at radius 1 is 1.08 bits per heavy atom. The SMILES string of the molecule is CCCOc1ccc2nc(/C=C/c3ccc(N(C)C)cc3)oc2c1. The molecule has 4 heteroatoms. The van der Waals surface area contributed by atoms with Gasteiger partial charge >= 0.3 is 0 Å². The zero-order valence-electron chi connectivity index (χ0n) is 14.3. The molecule has 0 fully saturated rings. The molecule has 4 nitrogen and oxygen atoms in total. The molecular weight excluding hydrogens is 300 g/mol. The predicted octanol–water partition coefficient (Wildman–Crippen LogP) is 4.85. The molecule has 0 bridgehead atoms. The molecule has 0 unspecified atom stereocenters. The van der Waals surface area contributed by atoms with Crippen molar-refractivity contribution in [1.82, 2.24) is 4.98 Å². The zero-order chi connectivity index (χ0) is 16.9. The third kappa shape index (κ3) is 3.77. The van der Waals surface area contributed by atoms with Crippen molar-refractivity contribution in [3.05, 3.63) is 53.9 Å². The van der Waals surface area contributed by atoms with E-state index in [9.17, 15) is 0 Å². The summed E-state index contributed by atoms with van der Waals surface area (Å²) >= 11 is 0. The lowest BCUT2D eigenvalue weighted by atomic mass is 10.2. The van der Waals surface area contributed by atoms with Crippen LogP contribution in [0.2, 0.25) is 0 Å². The second-order valence-electron chi connectivity index (χ2n) is 5.85. The van der Waals surface area contributed by atoms with E-state index in [4.69, 9.17) is 9.15 Å². The van der Waals surface area contributed by atoms with Crippen LogP contribution in [-0.4, -0.2) is 25.7 Å². The van der Waals surface area contributed by atoms with Crippen LogP contribution in [0, 0.1) is 0 Å².